The molecular formula is C20H18FN7OS. The summed E-state index contributed by atoms with van der Waals surface area (Å²) < 4.78 is 15.9. The highest BCUT2D eigenvalue weighted by Gasteiger charge is 2.41. The van der Waals surface area contributed by atoms with Crippen LogP contribution < -0.4 is 11.1 Å². The summed E-state index contributed by atoms with van der Waals surface area (Å²) in [4.78, 5) is 20.9. The van der Waals surface area contributed by atoms with E-state index in [9.17, 15) is 9.18 Å². The number of rotatable bonds is 6. The molecular weight excluding hydrogens is 405 g/mol. The van der Waals surface area contributed by atoms with Crippen LogP contribution in [0.3, 0.4) is 0 Å². The summed E-state index contributed by atoms with van der Waals surface area (Å²) in [6, 6.07) is 6.68. The molecule has 1 saturated carbocycles. The average molecular weight is 423 g/mol. The van der Waals surface area contributed by atoms with Gasteiger partial charge >= 0.3 is 0 Å². The van der Waals surface area contributed by atoms with Crippen LogP contribution in [0.2, 0.25) is 0 Å². The number of hydrogen-bond acceptors (Lipinski definition) is 7. The van der Waals surface area contributed by atoms with Crippen LogP contribution in [-0.4, -0.2) is 37.0 Å². The molecule has 8 nitrogen and oxygen atoms in total. The number of nitrogens with one attached hydrogen (secondary N) is 1. The first-order valence-corrected chi connectivity index (χ1v) is 10.4. The van der Waals surface area contributed by atoms with Crippen molar-refractivity contribution < 1.29 is 9.18 Å². The fraction of sp³-hybridized carbons (Fsp3) is 0.250. The molecule has 0 atom stereocenters. The summed E-state index contributed by atoms with van der Waals surface area (Å²) in [6.07, 6.45) is 6.16. The minimum atomic E-state index is -0.509. The van der Waals surface area contributed by atoms with E-state index in [1.54, 1.807) is 34.3 Å². The van der Waals surface area contributed by atoms with Gasteiger partial charge in [-0.3, -0.25) is 14.2 Å². The second-order valence-corrected chi connectivity index (χ2v) is 8.23. The van der Waals surface area contributed by atoms with E-state index < -0.39 is 5.91 Å². The first-order valence-electron chi connectivity index (χ1n) is 9.51. The van der Waals surface area contributed by atoms with Crippen molar-refractivity contribution in [1.29, 1.82) is 0 Å². The number of aromatic nitrogens is 5. The van der Waals surface area contributed by atoms with Crippen LogP contribution in [-0.2, 0) is 5.41 Å². The maximum absolute atomic E-state index is 14.3. The van der Waals surface area contributed by atoms with E-state index in [1.165, 1.54) is 17.4 Å². The highest BCUT2D eigenvalue weighted by atomic mass is 32.1. The number of halogens is 1. The molecule has 0 radical (unpaired) electrons. The molecule has 30 heavy (non-hydrogen) atoms. The standard InChI is InChI=1S/C20H18FN7OS/c21-12-3-1-8-23-17(12)20(6-2-7-20)11-24-16-5-4-13(26-27-16)14-9-28-15(18(22)29)10-30-19(28)25-14/h1,3-5,8-10H,2,6-7,11H2,(H2,22,29)(H,24,27). The quantitative estimate of drug-likeness (QED) is 0.493. The molecule has 4 aromatic heterocycles. The van der Waals surface area contributed by atoms with Gasteiger partial charge in [-0.05, 0) is 37.1 Å². The molecule has 4 heterocycles. The molecule has 0 spiro atoms. The zero-order valence-corrected chi connectivity index (χ0v) is 16.7. The molecule has 0 unspecified atom stereocenters. The lowest BCUT2D eigenvalue weighted by atomic mass is 9.66. The van der Waals surface area contributed by atoms with E-state index in [2.05, 4.69) is 25.5 Å². The highest BCUT2D eigenvalue weighted by Crippen LogP contribution is 2.43. The molecule has 0 aromatic carbocycles. The van der Waals surface area contributed by atoms with E-state index in [-0.39, 0.29) is 11.2 Å². The van der Waals surface area contributed by atoms with E-state index in [0.717, 1.165) is 19.3 Å². The van der Waals surface area contributed by atoms with Crippen molar-refractivity contribution in [2.45, 2.75) is 24.7 Å². The Labute approximate surface area is 175 Å². The van der Waals surface area contributed by atoms with Crippen LogP contribution in [0.4, 0.5) is 10.2 Å². The molecule has 5 rings (SSSR count). The lowest BCUT2D eigenvalue weighted by molar-refractivity contribution is 0.0995. The number of fused-ring (bicyclic) bond motifs is 1. The number of carbonyl (C=O) groups excluding carboxylic acids is 1. The Morgan fingerprint density at radius 1 is 1.27 bits per heavy atom. The number of pyridine rings is 1. The average Bonchev–Trinajstić information content (AvgIpc) is 3.29. The largest absolute Gasteiger partial charge is 0.368 e. The topological polar surface area (TPSA) is 111 Å². The molecule has 0 saturated heterocycles. The van der Waals surface area contributed by atoms with Gasteiger partial charge in [-0.1, -0.05) is 6.42 Å². The molecule has 3 N–H and O–H groups in total. The Morgan fingerprint density at radius 3 is 2.80 bits per heavy atom. The second kappa shape index (κ2) is 7.13. The molecule has 152 valence electrons. The number of carbonyl (C=O) groups is 1. The lowest BCUT2D eigenvalue weighted by Gasteiger charge is -2.41. The Balaban J connectivity index is 1.33. The van der Waals surface area contributed by atoms with Gasteiger partial charge in [-0.25, -0.2) is 9.37 Å². The normalized spacial score (nSPS) is 15.1. The zero-order chi connectivity index (χ0) is 20.7. The number of thiazole rings is 1. The predicted molar refractivity (Wildman–Crippen MR) is 111 cm³/mol. The Bertz CT molecular complexity index is 1230. The monoisotopic (exact) mass is 423 g/mol. The summed E-state index contributed by atoms with van der Waals surface area (Å²) in [5.74, 6) is -0.180. The Hall–Kier alpha value is -3.40. The van der Waals surface area contributed by atoms with Gasteiger partial charge in [0.25, 0.3) is 5.91 Å². The van der Waals surface area contributed by atoms with E-state index >= 15 is 0 Å². The van der Waals surface area contributed by atoms with Crippen molar-refractivity contribution in [2.24, 2.45) is 5.73 Å². The third-order valence-corrected chi connectivity index (χ3v) is 6.41. The van der Waals surface area contributed by atoms with Crippen molar-refractivity contribution >= 4 is 28.0 Å². The van der Waals surface area contributed by atoms with Gasteiger partial charge in [0.05, 0.1) is 5.69 Å². The first-order chi connectivity index (χ1) is 14.6. The summed E-state index contributed by atoms with van der Waals surface area (Å²) >= 11 is 1.33. The zero-order valence-electron chi connectivity index (χ0n) is 15.9. The number of imidazole rings is 1. The van der Waals surface area contributed by atoms with Gasteiger partial charge in [-0.15, -0.1) is 21.5 Å². The van der Waals surface area contributed by atoms with Gasteiger partial charge in [-0.2, -0.15) is 0 Å². The third-order valence-electron chi connectivity index (χ3n) is 5.57. The van der Waals surface area contributed by atoms with Gasteiger partial charge < -0.3 is 11.1 Å². The number of amides is 1. The van der Waals surface area contributed by atoms with Crippen LogP contribution in [0.5, 0.6) is 0 Å². The number of nitrogens with two attached hydrogens (primary N) is 1. The van der Waals surface area contributed by atoms with Crippen molar-refractivity contribution in [3.8, 4) is 11.4 Å². The van der Waals surface area contributed by atoms with E-state index in [1.807, 2.05) is 6.07 Å². The van der Waals surface area contributed by atoms with E-state index in [4.69, 9.17) is 5.73 Å². The fourth-order valence-electron chi connectivity index (χ4n) is 3.78. The first kappa shape index (κ1) is 18.6. The Morgan fingerprint density at radius 2 is 2.13 bits per heavy atom. The number of anilines is 1. The molecule has 10 heteroatoms. The third kappa shape index (κ3) is 3.09. The number of hydrogen-bond donors (Lipinski definition) is 2. The molecule has 0 bridgehead atoms. The number of nitrogens with zero attached hydrogens (tertiary/aromatic N) is 5. The SMILES string of the molecule is NC(=O)c1csc2nc(-c3ccc(NCC4(c5ncccc5F)CCC4)nn3)cn12. The maximum atomic E-state index is 14.3. The van der Waals surface area contributed by atoms with Crippen molar-refractivity contribution in [3.63, 3.8) is 0 Å². The van der Waals surface area contributed by atoms with Gasteiger partial charge in [0.15, 0.2) is 4.96 Å². The van der Waals surface area contributed by atoms with Crippen LogP contribution in [0, 0.1) is 5.82 Å². The molecule has 1 fully saturated rings. The molecule has 1 amide bonds. The van der Waals surface area contributed by atoms with Crippen LogP contribution in [0.25, 0.3) is 16.3 Å². The summed E-state index contributed by atoms with van der Waals surface area (Å²) in [7, 11) is 0. The molecule has 1 aliphatic rings. The van der Waals surface area contributed by atoms with Gasteiger partial charge in [0.2, 0.25) is 0 Å². The van der Waals surface area contributed by atoms with Crippen molar-refractivity contribution in [3.05, 3.63) is 59.2 Å². The van der Waals surface area contributed by atoms with Crippen molar-refractivity contribution in [1.82, 2.24) is 24.6 Å². The minimum Gasteiger partial charge on any atom is -0.368 e. The molecule has 0 aliphatic heterocycles. The summed E-state index contributed by atoms with van der Waals surface area (Å²) in [5, 5.41) is 13.4. The fourth-order valence-corrected chi connectivity index (χ4v) is 4.65. The second-order valence-electron chi connectivity index (χ2n) is 7.39. The molecule has 4 aromatic rings. The van der Waals surface area contributed by atoms with Crippen LogP contribution in [0.1, 0.15) is 35.4 Å². The Kier molecular flexibility index (Phi) is 4.43. The van der Waals surface area contributed by atoms with Crippen LogP contribution in [0.15, 0.2) is 42.0 Å². The highest BCUT2D eigenvalue weighted by molar-refractivity contribution is 7.15. The van der Waals surface area contributed by atoms with Crippen molar-refractivity contribution in [2.75, 3.05) is 11.9 Å². The number of primary amides is 1. The lowest BCUT2D eigenvalue weighted by Crippen LogP contribution is -2.42. The maximum Gasteiger partial charge on any atom is 0.266 e. The summed E-state index contributed by atoms with van der Waals surface area (Å²) in [6.45, 7) is 0.539. The predicted octanol–water partition coefficient (Wildman–Crippen LogP) is 3.02. The van der Waals surface area contributed by atoms with Crippen LogP contribution >= 0.6 is 11.3 Å². The van der Waals surface area contributed by atoms with E-state index in [0.29, 0.717) is 40.1 Å². The minimum absolute atomic E-state index is 0.268. The molecule has 1 aliphatic carbocycles. The summed E-state index contributed by atoms with van der Waals surface area (Å²) in [5.41, 5.74) is 7.15. The van der Waals surface area contributed by atoms with Gasteiger partial charge in [0, 0.05) is 29.7 Å². The smallest absolute Gasteiger partial charge is 0.266 e. The van der Waals surface area contributed by atoms with Gasteiger partial charge in [0.1, 0.15) is 28.7 Å².